The second-order valence-electron chi connectivity index (χ2n) is 4.13. The van der Waals surface area contributed by atoms with Crippen molar-refractivity contribution in [1.29, 1.82) is 0 Å². The fraction of sp³-hybridized carbons (Fsp3) is 0.308. The number of benzene rings is 1. The van der Waals surface area contributed by atoms with Gasteiger partial charge >= 0.3 is 0 Å². The lowest BCUT2D eigenvalue weighted by molar-refractivity contribution is 0.101. The average molecular weight is 245 g/mol. The Balaban J connectivity index is 2.11. The first-order chi connectivity index (χ1) is 8.58. The van der Waals surface area contributed by atoms with Gasteiger partial charge in [0.15, 0.2) is 11.6 Å². The maximum absolute atomic E-state index is 11.2. The molecule has 2 rings (SSSR count). The van der Waals surface area contributed by atoms with Gasteiger partial charge in [0.2, 0.25) is 0 Å². The van der Waals surface area contributed by atoms with Crippen LogP contribution in [0.1, 0.15) is 28.7 Å². The van der Waals surface area contributed by atoms with E-state index in [9.17, 15) is 4.79 Å². The number of carbonyl (C=O) groups is 1. The number of nitrogens with zero attached hydrogens (tertiary/aromatic N) is 3. The second-order valence-corrected chi connectivity index (χ2v) is 4.13. The summed E-state index contributed by atoms with van der Waals surface area (Å²) in [5, 5.41) is 3.97. The highest BCUT2D eigenvalue weighted by Crippen LogP contribution is 2.20. The van der Waals surface area contributed by atoms with Gasteiger partial charge in [-0.15, -0.1) is 0 Å². The minimum atomic E-state index is 0.0537. The Morgan fingerprint density at radius 3 is 2.78 bits per heavy atom. The summed E-state index contributed by atoms with van der Waals surface area (Å²) >= 11 is 0. The molecule has 0 aliphatic rings. The molecule has 0 atom stereocenters. The third-order valence-corrected chi connectivity index (χ3v) is 2.74. The van der Waals surface area contributed by atoms with E-state index < -0.39 is 0 Å². The molecule has 0 saturated heterocycles. The number of hydrogen-bond acceptors (Lipinski definition) is 4. The highest BCUT2D eigenvalue weighted by molar-refractivity contribution is 5.94. The van der Waals surface area contributed by atoms with E-state index >= 15 is 0 Å². The monoisotopic (exact) mass is 245 g/mol. The molecule has 0 aliphatic carbocycles. The quantitative estimate of drug-likeness (QED) is 0.772. The van der Waals surface area contributed by atoms with Crippen molar-refractivity contribution >= 4 is 5.78 Å². The van der Waals surface area contributed by atoms with E-state index in [2.05, 4.69) is 10.1 Å². The molecule has 1 aromatic heterocycles. The Morgan fingerprint density at radius 2 is 2.22 bits per heavy atom. The molecule has 94 valence electrons. The van der Waals surface area contributed by atoms with Crippen LogP contribution < -0.4 is 4.74 Å². The SMILES string of the molecule is CC(=O)c1ccc(OCc2ncnn2C)c(C)c1. The molecule has 0 aliphatic heterocycles. The molecule has 0 spiro atoms. The lowest BCUT2D eigenvalue weighted by Crippen LogP contribution is -2.05. The van der Waals surface area contributed by atoms with Gasteiger partial charge < -0.3 is 4.74 Å². The van der Waals surface area contributed by atoms with Crippen LogP contribution >= 0.6 is 0 Å². The standard InChI is InChI=1S/C13H15N3O2/c1-9-6-11(10(2)17)4-5-12(9)18-7-13-14-8-15-16(13)3/h4-6,8H,7H2,1-3H3. The summed E-state index contributed by atoms with van der Waals surface area (Å²) in [6, 6.07) is 5.40. The van der Waals surface area contributed by atoms with Gasteiger partial charge in [0.1, 0.15) is 18.7 Å². The highest BCUT2D eigenvalue weighted by Gasteiger charge is 2.06. The van der Waals surface area contributed by atoms with Gasteiger partial charge in [-0.2, -0.15) is 5.10 Å². The number of aryl methyl sites for hydroxylation is 2. The molecule has 0 radical (unpaired) electrons. The first kappa shape index (κ1) is 12.3. The molecule has 0 saturated carbocycles. The zero-order chi connectivity index (χ0) is 13.1. The zero-order valence-corrected chi connectivity index (χ0v) is 10.7. The van der Waals surface area contributed by atoms with Crippen molar-refractivity contribution in [3.05, 3.63) is 41.5 Å². The van der Waals surface area contributed by atoms with Gasteiger partial charge in [0, 0.05) is 12.6 Å². The molecule has 0 bridgehead atoms. The Bertz CT molecular complexity index is 575. The van der Waals surface area contributed by atoms with Crippen molar-refractivity contribution in [3.63, 3.8) is 0 Å². The van der Waals surface area contributed by atoms with Crippen LogP contribution in [0.3, 0.4) is 0 Å². The van der Waals surface area contributed by atoms with Crippen LogP contribution in [-0.4, -0.2) is 20.5 Å². The predicted octanol–water partition coefficient (Wildman–Crippen LogP) is 1.91. The lowest BCUT2D eigenvalue weighted by Gasteiger charge is -2.09. The number of ether oxygens (including phenoxy) is 1. The van der Waals surface area contributed by atoms with Crippen molar-refractivity contribution in [3.8, 4) is 5.75 Å². The molecular weight excluding hydrogens is 230 g/mol. The highest BCUT2D eigenvalue weighted by atomic mass is 16.5. The third-order valence-electron chi connectivity index (χ3n) is 2.74. The van der Waals surface area contributed by atoms with E-state index in [1.54, 1.807) is 17.7 Å². The smallest absolute Gasteiger partial charge is 0.164 e. The molecule has 0 unspecified atom stereocenters. The number of rotatable bonds is 4. The predicted molar refractivity (Wildman–Crippen MR) is 66.5 cm³/mol. The summed E-state index contributed by atoms with van der Waals surface area (Å²) in [6.45, 7) is 3.82. The molecule has 2 aromatic rings. The average Bonchev–Trinajstić information content (AvgIpc) is 2.73. The maximum Gasteiger partial charge on any atom is 0.164 e. The number of ketones is 1. The maximum atomic E-state index is 11.2. The largest absolute Gasteiger partial charge is 0.485 e. The van der Waals surface area contributed by atoms with Crippen LogP contribution in [-0.2, 0) is 13.7 Å². The molecule has 1 aromatic carbocycles. The van der Waals surface area contributed by atoms with Crippen LogP contribution in [0.5, 0.6) is 5.75 Å². The van der Waals surface area contributed by atoms with Crippen LogP contribution in [0.25, 0.3) is 0 Å². The number of hydrogen-bond donors (Lipinski definition) is 0. The first-order valence-electron chi connectivity index (χ1n) is 5.65. The molecule has 0 amide bonds. The minimum absolute atomic E-state index is 0.0537. The molecule has 1 heterocycles. The van der Waals surface area contributed by atoms with Crippen LogP contribution in [0.15, 0.2) is 24.5 Å². The van der Waals surface area contributed by atoms with Crippen molar-refractivity contribution < 1.29 is 9.53 Å². The van der Waals surface area contributed by atoms with Crippen molar-refractivity contribution in [1.82, 2.24) is 14.8 Å². The van der Waals surface area contributed by atoms with Crippen molar-refractivity contribution in [2.24, 2.45) is 7.05 Å². The molecular formula is C13H15N3O2. The van der Waals surface area contributed by atoms with E-state index in [-0.39, 0.29) is 5.78 Å². The van der Waals surface area contributed by atoms with E-state index in [4.69, 9.17) is 4.74 Å². The summed E-state index contributed by atoms with van der Waals surface area (Å²) < 4.78 is 7.33. The lowest BCUT2D eigenvalue weighted by atomic mass is 10.1. The third kappa shape index (κ3) is 2.56. The normalized spacial score (nSPS) is 10.4. The summed E-state index contributed by atoms with van der Waals surface area (Å²) in [5.41, 5.74) is 1.63. The molecule has 5 heteroatoms. The summed E-state index contributed by atoms with van der Waals surface area (Å²) in [4.78, 5) is 15.3. The van der Waals surface area contributed by atoms with Crippen molar-refractivity contribution in [2.45, 2.75) is 20.5 Å². The zero-order valence-electron chi connectivity index (χ0n) is 10.7. The Morgan fingerprint density at radius 1 is 1.44 bits per heavy atom. The summed E-state index contributed by atoms with van der Waals surface area (Å²) in [5.74, 6) is 1.56. The van der Waals surface area contributed by atoms with Gasteiger partial charge in [0.05, 0.1) is 0 Å². The van der Waals surface area contributed by atoms with Gasteiger partial charge in [-0.25, -0.2) is 4.98 Å². The van der Waals surface area contributed by atoms with Crippen LogP contribution in [0.2, 0.25) is 0 Å². The van der Waals surface area contributed by atoms with Gasteiger partial charge in [-0.3, -0.25) is 9.48 Å². The summed E-state index contributed by atoms with van der Waals surface area (Å²) in [6.07, 6.45) is 1.49. The summed E-state index contributed by atoms with van der Waals surface area (Å²) in [7, 11) is 1.82. The fourth-order valence-corrected chi connectivity index (χ4v) is 1.62. The number of aromatic nitrogens is 3. The van der Waals surface area contributed by atoms with Crippen molar-refractivity contribution in [2.75, 3.05) is 0 Å². The molecule has 0 N–H and O–H groups in total. The van der Waals surface area contributed by atoms with E-state index in [1.165, 1.54) is 6.33 Å². The Labute approximate surface area is 105 Å². The van der Waals surface area contributed by atoms with Gasteiger partial charge in [-0.05, 0) is 37.6 Å². The topological polar surface area (TPSA) is 57.0 Å². The van der Waals surface area contributed by atoms with Gasteiger partial charge in [0.25, 0.3) is 0 Å². The Kier molecular flexibility index (Phi) is 3.41. The molecule has 0 fully saturated rings. The first-order valence-corrected chi connectivity index (χ1v) is 5.65. The van der Waals surface area contributed by atoms with Crippen LogP contribution in [0, 0.1) is 6.92 Å². The van der Waals surface area contributed by atoms with Gasteiger partial charge in [-0.1, -0.05) is 0 Å². The number of carbonyl (C=O) groups excluding carboxylic acids is 1. The minimum Gasteiger partial charge on any atom is -0.485 e. The fourth-order valence-electron chi connectivity index (χ4n) is 1.62. The second kappa shape index (κ2) is 5.00. The number of Topliss-reactive ketones (excluding diaryl/α,β-unsaturated/α-hetero) is 1. The molecule has 18 heavy (non-hydrogen) atoms. The van der Waals surface area contributed by atoms with E-state index in [0.717, 1.165) is 17.1 Å². The van der Waals surface area contributed by atoms with Crippen LogP contribution in [0.4, 0.5) is 0 Å². The molecule has 5 nitrogen and oxygen atoms in total. The van der Waals surface area contributed by atoms with E-state index in [0.29, 0.717) is 12.2 Å². The van der Waals surface area contributed by atoms with E-state index in [1.807, 2.05) is 26.1 Å². The Hall–Kier alpha value is -2.17.